The zero-order valence-corrected chi connectivity index (χ0v) is 21.2. The van der Waals surface area contributed by atoms with Crippen molar-refractivity contribution in [2.75, 3.05) is 42.1 Å². The number of nitrogens with one attached hydrogen (secondary N) is 2. The van der Waals surface area contributed by atoms with Crippen LogP contribution in [0.3, 0.4) is 0 Å². The second-order valence-electron chi connectivity index (χ2n) is 6.26. The molecule has 0 heterocycles. The Labute approximate surface area is 201 Å². The largest absolute Gasteiger partial charge is 0.496 e. The summed E-state index contributed by atoms with van der Waals surface area (Å²) in [5.74, 6) is 4.02. The predicted octanol–water partition coefficient (Wildman–Crippen LogP) is 3.60. The number of nitrogens with zero attached hydrogens (tertiary/aromatic N) is 1. The van der Waals surface area contributed by atoms with Gasteiger partial charge in [0.15, 0.2) is 29.0 Å². The third-order valence-corrected chi connectivity index (χ3v) is 4.44. The lowest BCUT2D eigenvalue weighted by molar-refractivity contribution is 0.347. The van der Waals surface area contributed by atoms with Crippen molar-refractivity contribution in [1.82, 2.24) is 10.6 Å². The Balaban J connectivity index is 0.00000480. The van der Waals surface area contributed by atoms with E-state index in [-0.39, 0.29) is 24.0 Å². The van der Waals surface area contributed by atoms with Gasteiger partial charge in [-0.2, -0.15) is 0 Å². The first-order valence-corrected chi connectivity index (χ1v) is 9.62. The maximum atomic E-state index is 5.49. The van der Waals surface area contributed by atoms with Gasteiger partial charge in [-0.05, 0) is 30.7 Å². The first-order valence-electron chi connectivity index (χ1n) is 9.62. The van der Waals surface area contributed by atoms with Crippen molar-refractivity contribution in [3.8, 4) is 28.7 Å². The molecular formula is C22H32IN3O5. The van der Waals surface area contributed by atoms with E-state index in [1.165, 1.54) is 0 Å². The summed E-state index contributed by atoms with van der Waals surface area (Å²) in [6.45, 7) is 3.74. The van der Waals surface area contributed by atoms with Crippen molar-refractivity contribution in [3.63, 3.8) is 0 Å². The molecule has 8 nitrogen and oxygen atoms in total. The molecule has 2 rings (SSSR count). The van der Waals surface area contributed by atoms with Crippen LogP contribution in [0.2, 0.25) is 0 Å². The van der Waals surface area contributed by atoms with Crippen LogP contribution in [-0.4, -0.2) is 48.1 Å². The van der Waals surface area contributed by atoms with Gasteiger partial charge in [-0.3, -0.25) is 0 Å². The highest BCUT2D eigenvalue weighted by Crippen LogP contribution is 2.34. The van der Waals surface area contributed by atoms with Gasteiger partial charge in [0.1, 0.15) is 5.75 Å². The first kappa shape index (κ1) is 26.5. The van der Waals surface area contributed by atoms with Crippen LogP contribution < -0.4 is 34.3 Å². The van der Waals surface area contributed by atoms with Crippen molar-refractivity contribution in [2.45, 2.75) is 20.0 Å². The van der Waals surface area contributed by atoms with E-state index in [0.717, 1.165) is 17.7 Å². The van der Waals surface area contributed by atoms with Crippen molar-refractivity contribution in [3.05, 3.63) is 41.5 Å². The van der Waals surface area contributed by atoms with Crippen LogP contribution in [0.5, 0.6) is 28.7 Å². The average molecular weight is 545 g/mol. The summed E-state index contributed by atoms with van der Waals surface area (Å²) in [5.41, 5.74) is 1.93. The average Bonchev–Trinajstić information content (AvgIpc) is 2.79. The molecule has 0 bridgehead atoms. The normalized spacial score (nSPS) is 10.6. The Morgan fingerprint density at radius 1 is 0.742 bits per heavy atom. The number of aliphatic imine (C=N–C) groups is 1. The number of benzene rings is 2. The van der Waals surface area contributed by atoms with E-state index in [1.807, 2.05) is 37.3 Å². The lowest BCUT2D eigenvalue weighted by atomic mass is 10.1. The topological polar surface area (TPSA) is 82.6 Å². The van der Waals surface area contributed by atoms with Crippen LogP contribution in [0.15, 0.2) is 35.3 Å². The van der Waals surface area contributed by atoms with E-state index in [9.17, 15) is 0 Å². The smallest absolute Gasteiger partial charge is 0.191 e. The van der Waals surface area contributed by atoms with Gasteiger partial charge >= 0.3 is 0 Å². The Morgan fingerprint density at radius 3 is 1.90 bits per heavy atom. The molecule has 2 aromatic carbocycles. The number of methoxy groups -OCH3 is 5. The van der Waals surface area contributed by atoms with Crippen LogP contribution >= 0.6 is 24.0 Å². The molecule has 0 atom stereocenters. The summed E-state index contributed by atoms with van der Waals surface area (Å²) in [6, 6.07) is 9.46. The second-order valence-corrected chi connectivity index (χ2v) is 6.26. The minimum atomic E-state index is 0. The fraction of sp³-hybridized carbons (Fsp3) is 0.409. The van der Waals surface area contributed by atoms with Gasteiger partial charge in [0.05, 0.1) is 42.1 Å². The maximum Gasteiger partial charge on any atom is 0.191 e. The molecule has 0 spiro atoms. The summed E-state index contributed by atoms with van der Waals surface area (Å²) in [7, 11) is 8.06. The summed E-state index contributed by atoms with van der Waals surface area (Å²) < 4.78 is 26.9. The second kappa shape index (κ2) is 13.7. The van der Waals surface area contributed by atoms with Gasteiger partial charge in [-0.1, -0.05) is 6.07 Å². The Morgan fingerprint density at radius 2 is 1.32 bits per heavy atom. The van der Waals surface area contributed by atoms with Crippen LogP contribution in [0.25, 0.3) is 0 Å². The Hall–Kier alpha value is -2.56. The number of rotatable bonds is 10. The molecule has 0 fully saturated rings. The van der Waals surface area contributed by atoms with E-state index >= 15 is 0 Å². The molecule has 0 unspecified atom stereocenters. The van der Waals surface area contributed by atoms with Gasteiger partial charge in [0, 0.05) is 24.7 Å². The van der Waals surface area contributed by atoms with E-state index < -0.39 is 0 Å². The summed E-state index contributed by atoms with van der Waals surface area (Å²) in [6.07, 6.45) is 0. The number of hydrogen-bond donors (Lipinski definition) is 2. The molecule has 9 heteroatoms. The Kier molecular flexibility index (Phi) is 11.7. The molecular weight excluding hydrogens is 513 g/mol. The van der Waals surface area contributed by atoms with Gasteiger partial charge < -0.3 is 34.3 Å². The molecule has 0 radical (unpaired) electrons. The quantitative estimate of drug-likeness (QED) is 0.268. The van der Waals surface area contributed by atoms with Crippen LogP contribution in [-0.2, 0) is 13.1 Å². The lowest BCUT2D eigenvalue weighted by Crippen LogP contribution is -2.36. The fourth-order valence-corrected chi connectivity index (χ4v) is 2.90. The van der Waals surface area contributed by atoms with Crippen LogP contribution in [0.1, 0.15) is 18.1 Å². The molecule has 0 aliphatic rings. The third-order valence-electron chi connectivity index (χ3n) is 4.44. The number of halogens is 1. The molecule has 0 aromatic heterocycles. The number of ether oxygens (including phenoxy) is 5. The highest BCUT2D eigenvalue weighted by molar-refractivity contribution is 14.0. The van der Waals surface area contributed by atoms with E-state index in [4.69, 9.17) is 23.7 Å². The zero-order chi connectivity index (χ0) is 21.9. The molecule has 2 aromatic rings. The van der Waals surface area contributed by atoms with E-state index in [1.54, 1.807) is 35.5 Å². The minimum Gasteiger partial charge on any atom is -0.496 e. The Bertz CT molecular complexity index is 861. The standard InChI is InChI=1S/C22H31N3O5.HI/c1-7-23-22(24-13-15-8-9-17(26-2)19(10-15)28-4)25-14-16-11-20(29-5)21(30-6)12-18(16)27-3;/h8-12H,7,13-14H2,1-6H3,(H2,23,24,25);1H. The molecule has 0 aliphatic heterocycles. The van der Waals surface area contributed by atoms with E-state index in [0.29, 0.717) is 47.8 Å². The minimum absolute atomic E-state index is 0. The molecule has 172 valence electrons. The van der Waals surface area contributed by atoms with Gasteiger partial charge in [-0.15, -0.1) is 24.0 Å². The molecule has 0 saturated heterocycles. The monoisotopic (exact) mass is 545 g/mol. The summed E-state index contributed by atoms with van der Waals surface area (Å²) in [5, 5.41) is 6.58. The summed E-state index contributed by atoms with van der Waals surface area (Å²) >= 11 is 0. The first-order chi connectivity index (χ1) is 14.6. The fourth-order valence-electron chi connectivity index (χ4n) is 2.90. The van der Waals surface area contributed by atoms with Crippen molar-refractivity contribution >= 4 is 29.9 Å². The van der Waals surface area contributed by atoms with Crippen LogP contribution in [0, 0.1) is 0 Å². The van der Waals surface area contributed by atoms with Gasteiger partial charge in [0.2, 0.25) is 0 Å². The summed E-state index contributed by atoms with van der Waals surface area (Å²) in [4.78, 5) is 4.66. The zero-order valence-electron chi connectivity index (χ0n) is 18.9. The van der Waals surface area contributed by atoms with Crippen molar-refractivity contribution in [1.29, 1.82) is 0 Å². The molecule has 0 saturated carbocycles. The SMILES string of the molecule is CCNC(=NCc1ccc(OC)c(OC)c1)NCc1cc(OC)c(OC)cc1OC.I. The number of guanidine groups is 1. The maximum absolute atomic E-state index is 5.49. The number of hydrogen-bond acceptors (Lipinski definition) is 6. The highest BCUT2D eigenvalue weighted by Gasteiger charge is 2.12. The highest BCUT2D eigenvalue weighted by atomic mass is 127. The van der Waals surface area contributed by atoms with E-state index in [2.05, 4.69) is 15.6 Å². The van der Waals surface area contributed by atoms with Crippen LogP contribution in [0.4, 0.5) is 0 Å². The molecule has 0 amide bonds. The van der Waals surface area contributed by atoms with Gasteiger partial charge in [-0.25, -0.2) is 4.99 Å². The molecule has 31 heavy (non-hydrogen) atoms. The molecule has 2 N–H and O–H groups in total. The van der Waals surface area contributed by atoms with Crippen molar-refractivity contribution in [2.24, 2.45) is 4.99 Å². The van der Waals surface area contributed by atoms with Gasteiger partial charge in [0.25, 0.3) is 0 Å². The predicted molar refractivity (Wildman–Crippen MR) is 133 cm³/mol. The van der Waals surface area contributed by atoms with Crippen molar-refractivity contribution < 1.29 is 23.7 Å². The third kappa shape index (κ3) is 7.27. The molecule has 0 aliphatic carbocycles. The lowest BCUT2D eigenvalue weighted by Gasteiger charge is -2.16.